The molecule has 112 valence electrons. The first-order chi connectivity index (χ1) is 10.2. The summed E-state index contributed by atoms with van der Waals surface area (Å²) in [5.74, 6) is 1.17. The van der Waals surface area contributed by atoms with Crippen molar-refractivity contribution in [2.24, 2.45) is 5.73 Å². The standard InChI is InChI=1S/C18H22ClNO/c1-3-16(13-7-5-4-6-8-13)17(20)12-14-11-15(19)9-10-18(14)21-2/h4-11,16-17H,3,12,20H2,1-2H3. The van der Waals surface area contributed by atoms with Crippen molar-refractivity contribution in [2.45, 2.75) is 31.7 Å². The van der Waals surface area contributed by atoms with Gasteiger partial charge >= 0.3 is 0 Å². The third-order valence-corrected chi connectivity index (χ3v) is 4.12. The average Bonchev–Trinajstić information content (AvgIpc) is 2.49. The Hall–Kier alpha value is -1.51. The zero-order chi connectivity index (χ0) is 15.2. The van der Waals surface area contributed by atoms with E-state index in [-0.39, 0.29) is 6.04 Å². The Morgan fingerprint density at radius 2 is 1.86 bits per heavy atom. The summed E-state index contributed by atoms with van der Waals surface area (Å²) in [6.45, 7) is 2.17. The molecular formula is C18H22ClNO. The van der Waals surface area contributed by atoms with Gasteiger partial charge in [-0.1, -0.05) is 48.9 Å². The molecule has 0 radical (unpaired) electrons. The summed E-state index contributed by atoms with van der Waals surface area (Å²) in [6.07, 6.45) is 1.76. The molecule has 0 fully saturated rings. The number of hydrogen-bond donors (Lipinski definition) is 1. The van der Waals surface area contributed by atoms with E-state index in [1.807, 2.05) is 24.3 Å². The molecule has 0 amide bonds. The Kier molecular flexibility index (Phi) is 5.66. The number of nitrogens with two attached hydrogens (primary N) is 1. The monoisotopic (exact) mass is 303 g/mol. The van der Waals surface area contributed by atoms with Crippen LogP contribution in [0.4, 0.5) is 0 Å². The van der Waals surface area contributed by atoms with Crippen LogP contribution in [0.25, 0.3) is 0 Å². The molecule has 2 unspecified atom stereocenters. The largest absolute Gasteiger partial charge is 0.496 e. The Labute approximate surface area is 131 Å². The molecule has 0 aliphatic rings. The Balaban J connectivity index is 2.20. The van der Waals surface area contributed by atoms with Crippen LogP contribution in [-0.4, -0.2) is 13.2 Å². The minimum atomic E-state index is 0.0322. The van der Waals surface area contributed by atoms with E-state index in [0.29, 0.717) is 10.9 Å². The topological polar surface area (TPSA) is 35.2 Å². The lowest BCUT2D eigenvalue weighted by Gasteiger charge is -2.24. The van der Waals surface area contributed by atoms with Crippen LogP contribution >= 0.6 is 11.6 Å². The molecule has 2 nitrogen and oxygen atoms in total. The summed E-state index contributed by atoms with van der Waals surface area (Å²) >= 11 is 6.09. The third kappa shape index (κ3) is 3.99. The number of methoxy groups -OCH3 is 1. The normalized spacial score (nSPS) is 13.7. The second kappa shape index (κ2) is 7.48. The lowest BCUT2D eigenvalue weighted by Crippen LogP contribution is -2.30. The first-order valence-electron chi connectivity index (χ1n) is 7.28. The molecular weight excluding hydrogens is 282 g/mol. The summed E-state index contributed by atoms with van der Waals surface area (Å²) in [4.78, 5) is 0. The molecule has 0 saturated heterocycles. The van der Waals surface area contributed by atoms with Crippen molar-refractivity contribution in [1.29, 1.82) is 0 Å². The summed E-state index contributed by atoms with van der Waals surface area (Å²) < 4.78 is 5.41. The van der Waals surface area contributed by atoms with E-state index >= 15 is 0 Å². The first kappa shape index (κ1) is 15.9. The Morgan fingerprint density at radius 3 is 2.48 bits per heavy atom. The molecule has 0 aliphatic heterocycles. The van der Waals surface area contributed by atoms with E-state index in [1.54, 1.807) is 7.11 Å². The van der Waals surface area contributed by atoms with Gasteiger partial charge in [0.05, 0.1) is 7.11 Å². The van der Waals surface area contributed by atoms with Gasteiger partial charge in [-0.3, -0.25) is 0 Å². The molecule has 0 aliphatic carbocycles. The smallest absolute Gasteiger partial charge is 0.122 e. The van der Waals surface area contributed by atoms with E-state index in [4.69, 9.17) is 22.1 Å². The molecule has 21 heavy (non-hydrogen) atoms. The van der Waals surface area contributed by atoms with Gasteiger partial charge in [-0.15, -0.1) is 0 Å². The van der Waals surface area contributed by atoms with Crippen molar-refractivity contribution in [3.05, 3.63) is 64.7 Å². The molecule has 2 rings (SSSR count). The molecule has 2 N–H and O–H groups in total. The van der Waals surface area contributed by atoms with Crippen LogP contribution in [0.1, 0.15) is 30.4 Å². The highest BCUT2D eigenvalue weighted by Gasteiger charge is 2.19. The minimum absolute atomic E-state index is 0.0322. The zero-order valence-electron chi connectivity index (χ0n) is 12.6. The van der Waals surface area contributed by atoms with Crippen LogP contribution in [0.3, 0.4) is 0 Å². The molecule has 2 aromatic rings. The van der Waals surface area contributed by atoms with Crippen LogP contribution < -0.4 is 10.5 Å². The van der Waals surface area contributed by atoms with Crippen LogP contribution in [-0.2, 0) is 6.42 Å². The number of hydrogen-bond acceptors (Lipinski definition) is 2. The van der Waals surface area contributed by atoms with Gasteiger partial charge in [0.25, 0.3) is 0 Å². The lowest BCUT2D eigenvalue weighted by atomic mass is 9.86. The summed E-state index contributed by atoms with van der Waals surface area (Å²) in [6, 6.07) is 16.1. The lowest BCUT2D eigenvalue weighted by molar-refractivity contribution is 0.405. The van der Waals surface area contributed by atoms with E-state index in [0.717, 1.165) is 24.2 Å². The van der Waals surface area contributed by atoms with Gasteiger partial charge in [-0.05, 0) is 48.1 Å². The third-order valence-electron chi connectivity index (χ3n) is 3.88. The van der Waals surface area contributed by atoms with Crippen LogP contribution in [0.15, 0.2) is 48.5 Å². The Bertz CT molecular complexity index is 571. The van der Waals surface area contributed by atoms with Gasteiger partial charge in [-0.2, -0.15) is 0 Å². The summed E-state index contributed by atoms with van der Waals surface area (Å²) in [5, 5.41) is 0.714. The zero-order valence-corrected chi connectivity index (χ0v) is 13.3. The molecule has 0 aromatic heterocycles. The second-order valence-corrected chi connectivity index (χ2v) is 5.69. The van der Waals surface area contributed by atoms with Crippen molar-refractivity contribution in [2.75, 3.05) is 7.11 Å². The molecule has 2 aromatic carbocycles. The van der Waals surface area contributed by atoms with Gasteiger partial charge in [0.15, 0.2) is 0 Å². The van der Waals surface area contributed by atoms with Crippen LogP contribution in [0.5, 0.6) is 5.75 Å². The van der Waals surface area contributed by atoms with Crippen molar-refractivity contribution in [1.82, 2.24) is 0 Å². The van der Waals surface area contributed by atoms with E-state index in [9.17, 15) is 0 Å². The van der Waals surface area contributed by atoms with Crippen molar-refractivity contribution >= 4 is 11.6 Å². The highest BCUT2D eigenvalue weighted by molar-refractivity contribution is 6.30. The molecule has 3 heteroatoms. The molecule has 2 atom stereocenters. The molecule has 0 saturated carbocycles. The Morgan fingerprint density at radius 1 is 1.14 bits per heavy atom. The molecule has 0 spiro atoms. The van der Waals surface area contributed by atoms with Crippen molar-refractivity contribution in [3.8, 4) is 5.75 Å². The number of benzene rings is 2. The fourth-order valence-corrected chi connectivity index (χ4v) is 2.98. The highest BCUT2D eigenvalue weighted by Crippen LogP contribution is 2.28. The van der Waals surface area contributed by atoms with Gasteiger partial charge in [0.2, 0.25) is 0 Å². The minimum Gasteiger partial charge on any atom is -0.496 e. The maximum absolute atomic E-state index is 6.47. The number of ether oxygens (including phenoxy) is 1. The summed E-state index contributed by atoms with van der Waals surface area (Å²) in [7, 11) is 1.67. The quantitative estimate of drug-likeness (QED) is 0.858. The van der Waals surface area contributed by atoms with Crippen LogP contribution in [0.2, 0.25) is 5.02 Å². The fourth-order valence-electron chi connectivity index (χ4n) is 2.79. The molecule has 0 heterocycles. The number of halogens is 1. The predicted octanol–water partition coefficient (Wildman–Crippen LogP) is 4.41. The maximum atomic E-state index is 6.47. The molecule has 0 bridgehead atoms. The van der Waals surface area contributed by atoms with Gasteiger partial charge in [0, 0.05) is 11.1 Å². The first-order valence-corrected chi connectivity index (χ1v) is 7.66. The van der Waals surface area contributed by atoms with E-state index in [1.165, 1.54) is 5.56 Å². The number of rotatable bonds is 6. The van der Waals surface area contributed by atoms with Crippen molar-refractivity contribution in [3.63, 3.8) is 0 Å². The summed E-state index contributed by atoms with van der Waals surface area (Å²) in [5.41, 5.74) is 8.82. The maximum Gasteiger partial charge on any atom is 0.122 e. The van der Waals surface area contributed by atoms with E-state index in [2.05, 4.69) is 31.2 Å². The van der Waals surface area contributed by atoms with Crippen molar-refractivity contribution < 1.29 is 4.74 Å². The van der Waals surface area contributed by atoms with Gasteiger partial charge in [0.1, 0.15) is 5.75 Å². The fraction of sp³-hybridized carbons (Fsp3) is 0.333. The van der Waals surface area contributed by atoms with Gasteiger partial charge < -0.3 is 10.5 Å². The predicted molar refractivity (Wildman–Crippen MR) is 89.2 cm³/mol. The highest BCUT2D eigenvalue weighted by atomic mass is 35.5. The second-order valence-electron chi connectivity index (χ2n) is 5.25. The van der Waals surface area contributed by atoms with Crippen LogP contribution in [0, 0.1) is 0 Å². The average molecular weight is 304 g/mol. The SMILES string of the molecule is CCC(c1ccccc1)C(N)Cc1cc(Cl)ccc1OC. The van der Waals surface area contributed by atoms with Gasteiger partial charge in [-0.25, -0.2) is 0 Å². The van der Waals surface area contributed by atoms with E-state index < -0.39 is 0 Å².